The van der Waals surface area contributed by atoms with Crippen molar-refractivity contribution in [1.29, 1.82) is 0 Å². The van der Waals surface area contributed by atoms with Gasteiger partial charge in [-0.3, -0.25) is 10.1 Å². The lowest BCUT2D eigenvalue weighted by Gasteiger charge is -2.02. The molecule has 0 aliphatic heterocycles. The van der Waals surface area contributed by atoms with E-state index in [1.165, 1.54) is 19.2 Å². The van der Waals surface area contributed by atoms with Gasteiger partial charge in [-0.25, -0.2) is 0 Å². The number of nitro groups is 1. The quantitative estimate of drug-likeness (QED) is 0.616. The molecule has 0 aromatic heterocycles. The van der Waals surface area contributed by atoms with Crippen molar-refractivity contribution >= 4 is 5.69 Å². The van der Waals surface area contributed by atoms with Gasteiger partial charge in [0.2, 0.25) is 0 Å². The fourth-order valence-corrected chi connectivity index (χ4v) is 0.977. The summed E-state index contributed by atoms with van der Waals surface area (Å²) in [6, 6.07) is 4.33. The molecule has 5 nitrogen and oxygen atoms in total. The van der Waals surface area contributed by atoms with E-state index < -0.39 is 4.92 Å². The Kier molecular flexibility index (Phi) is 6.05. The molecule has 0 spiro atoms. The van der Waals surface area contributed by atoms with Crippen molar-refractivity contribution < 1.29 is 14.8 Å². The maximum Gasteiger partial charge on any atom is 0.311 e. The molecule has 0 aliphatic carbocycles. The van der Waals surface area contributed by atoms with E-state index in [4.69, 9.17) is 9.84 Å². The second-order valence-corrected chi connectivity index (χ2v) is 2.42. The van der Waals surface area contributed by atoms with Crippen LogP contribution in [0, 0.1) is 10.1 Å². The fourth-order valence-electron chi connectivity index (χ4n) is 0.977. The highest BCUT2D eigenvalue weighted by Crippen LogP contribution is 2.27. The molecule has 84 valence electrons. The van der Waals surface area contributed by atoms with E-state index in [1.54, 1.807) is 6.07 Å². The van der Waals surface area contributed by atoms with Gasteiger partial charge in [0, 0.05) is 6.07 Å². The van der Waals surface area contributed by atoms with Crippen LogP contribution in [0.1, 0.15) is 19.4 Å². The van der Waals surface area contributed by atoms with Crippen molar-refractivity contribution in [3.05, 3.63) is 33.9 Å². The van der Waals surface area contributed by atoms with Gasteiger partial charge in [-0.05, 0) is 11.6 Å². The lowest BCUT2D eigenvalue weighted by atomic mass is 10.2. The lowest BCUT2D eigenvalue weighted by molar-refractivity contribution is -0.385. The van der Waals surface area contributed by atoms with Crippen LogP contribution in [0.25, 0.3) is 0 Å². The maximum absolute atomic E-state index is 10.5. The normalized spacial score (nSPS) is 8.80. The Morgan fingerprint density at radius 1 is 1.47 bits per heavy atom. The van der Waals surface area contributed by atoms with Crippen LogP contribution in [0.2, 0.25) is 0 Å². The number of nitrogens with zero attached hydrogens (tertiary/aromatic N) is 1. The topological polar surface area (TPSA) is 72.6 Å². The van der Waals surface area contributed by atoms with E-state index in [9.17, 15) is 10.1 Å². The van der Waals surface area contributed by atoms with Gasteiger partial charge in [-0.15, -0.1) is 0 Å². The molecule has 0 amide bonds. The third-order valence-corrected chi connectivity index (χ3v) is 1.62. The molecule has 0 radical (unpaired) electrons. The van der Waals surface area contributed by atoms with E-state index in [1.807, 2.05) is 13.8 Å². The molecule has 15 heavy (non-hydrogen) atoms. The smallest absolute Gasteiger partial charge is 0.311 e. The molecule has 0 aliphatic rings. The van der Waals surface area contributed by atoms with E-state index in [-0.39, 0.29) is 18.0 Å². The molecule has 1 aromatic rings. The average Bonchev–Trinajstić information content (AvgIpc) is 2.30. The molecular formula is C10H15NO4. The molecule has 1 rings (SSSR count). The lowest BCUT2D eigenvalue weighted by Crippen LogP contribution is -1.95. The molecule has 0 atom stereocenters. The van der Waals surface area contributed by atoms with Crippen LogP contribution in [-0.4, -0.2) is 17.1 Å². The molecule has 1 aromatic carbocycles. The van der Waals surface area contributed by atoms with Crippen molar-refractivity contribution in [2.75, 3.05) is 7.11 Å². The highest BCUT2D eigenvalue weighted by molar-refractivity contribution is 5.48. The van der Waals surface area contributed by atoms with Crippen LogP contribution in [0.5, 0.6) is 5.75 Å². The first-order valence-corrected chi connectivity index (χ1v) is 4.61. The van der Waals surface area contributed by atoms with Crippen LogP contribution < -0.4 is 4.74 Å². The Morgan fingerprint density at radius 2 is 2.07 bits per heavy atom. The zero-order valence-corrected chi connectivity index (χ0v) is 9.06. The Hall–Kier alpha value is -1.62. The number of benzene rings is 1. The molecule has 0 heterocycles. The number of aliphatic hydroxyl groups excluding tert-OH is 1. The average molecular weight is 213 g/mol. The first-order valence-electron chi connectivity index (χ1n) is 4.61. The first-order chi connectivity index (χ1) is 7.19. The van der Waals surface area contributed by atoms with Crippen molar-refractivity contribution in [2.24, 2.45) is 0 Å². The monoisotopic (exact) mass is 213 g/mol. The second kappa shape index (κ2) is 6.78. The van der Waals surface area contributed by atoms with Gasteiger partial charge in [-0.1, -0.05) is 19.9 Å². The van der Waals surface area contributed by atoms with Crippen molar-refractivity contribution in [3.63, 3.8) is 0 Å². The summed E-state index contributed by atoms with van der Waals surface area (Å²) in [6.45, 7) is 3.78. The Labute approximate surface area is 88.5 Å². The summed E-state index contributed by atoms with van der Waals surface area (Å²) < 4.78 is 4.78. The number of aliphatic hydroxyl groups is 1. The van der Waals surface area contributed by atoms with E-state index in [0.717, 1.165) is 0 Å². The fraction of sp³-hybridized carbons (Fsp3) is 0.400. The molecular weight excluding hydrogens is 198 g/mol. The summed E-state index contributed by atoms with van der Waals surface area (Å²) in [7, 11) is 1.36. The SMILES string of the molecule is CC.COc1ccc(CO)cc1[N+](=O)[O-]. The summed E-state index contributed by atoms with van der Waals surface area (Å²) >= 11 is 0. The number of methoxy groups -OCH3 is 1. The number of ether oxygens (including phenoxy) is 1. The van der Waals surface area contributed by atoms with Gasteiger partial charge in [0.1, 0.15) is 0 Å². The number of hydrogen-bond acceptors (Lipinski definition) is 4. The molecule has 0 saturated heterocycles. The standard InChI is InChI=1S/C8H9NO4.C2H6/c1-13-8-3-2-6(5-10)4-7(8)9(11)12;1-2/h2-4,10H,5H2,1H3;1-2H3. The van der Waals surface area contributed by atoms with Crippen molar-refractivity contribution in [2.45, 2.75) is 20.5 Å². The largest absolute Gasteiger partial charge is 0.490 e. The minimum absolute atomic E-state index is 0.131. The number of nitro benzene ring substituents is 1. The van der Waals surface area contributed by atoms with Gasteiger partial charge >= 0.3 is 5.69 Å². The van der Waals surface area contributed by atoms with Crippen LogP contribution >= 0.6 is 0 Å². The van der Waals surface area contributed by atoms with Gasteiger partial charge in [0.15, 0.2) is 5.75 Å². The maximum atomic E-state index is 10.5. The van der Waals surface area contributed by atoms with Crippen LogP contribution in [0.3, 0.4) is 0 Å². The van der Waals surface area contributed by atoms with Crippen molar-refractivity contribution in [3.8, 4) is 5.75 Å². The van der Waals surface area contributed by atoms with Gasteiger partial charge in [0.05, 0.1) is 18.6 Å². The van der Waals surface area contributed by atoms with Gasteiger partial charge in [0.25, 0.3) is 0 Å². The Balaban J connectivity index is 0.000000921. The summed E-state index contributed by atoms with van der Waals surface area (Å²) in [5.41, 5.74) is 0.363. The van der Waals surface area contributed by atoms with Gasteiger partial charge < -0.3 is 9.84 Å². The summed E-state index contributed by atoms with van der Waals surface area (Å²) in [6.07, 6.45) is 0. The minimum atomic E-state index is -0.544. The summed E-state index contributed by atoms with van der Waals surface area (Å²) in [5.74, 6) is 0.196. The summed E-state index contributed by atoms with van der Waals surface area (Å²) in [4.78, 5) is 9.95. The third-order valence-electron chi connectivity index (χ3n) is 1.62. The number of hydrogen-bond donors (Lipinski definition) is 1. The van der Waals surface area contributed by atoms with E-state index >= 15 is 0 Å². The van der Waals surface area contributed by atoms with Crippen LogP contribution in [0.4, 0.5) is 5.69 Å². The minimum Gasteiger partial charge on any atom is -0.490 e. The molecule has 1 N–H and O–H groups in total. The Bertz CT molecular complexity index is 325. The molecule has 0 saturated carbocycles. The zero-order valence-electron chi connectivity index (χ0n) is 9.06. The molecule has 0 unspecified atom stereocenters. The van der Waals surface area contributed by atoms with Crippen LogP contribution in [-0.2, 0) is 6.61 Å². The van der Waals surface area contributed by atoms with Gasteiger partial charge in [-0.2, -0.15) is 0 Å². The van der Waals surface area contributed by atoms with Crippen LogP contribution in [0.15, 0.2) is 18.2 Å². The third kappa shape index (κ3) is 3.55. The molecule has 5 heteroatoms. The highest BCUT2D eigenvalue weighted by Gasteiger charge is 2.14. The van der Waals surface area contributed by atoms with Crippen molar-refractivity contribution in [1.82, 2.24) is 0 Å². The first kappa shape index (κ1) is 13.4. The molecule has 0 fully saturated rings. The molecule has 0 bridgehead atoms. The zero-order chi connectivity index (χ0) is 11.8. The number of rotatable bonds is 3. The van der Waals surface area contributed by atoms with E-state index in [2.05, 4.69) is 0 Å². The van der Waals surface area contributed by atoms with E-state index in [0.29, 0.717) is 5.56 Å². The summed E-state index contributed by atoms with van der Waals surface area (Å²) in [5, 5.41) is 19.2. The Morgan fingerprint density at radius 3 is 2.47 bits per heavy atom. The second-order valence-electron chi connectivity index (χ2n) is 2.42. The highest BCUT2D eigenvalue weighted by atomic mass is 16.6. The predicted molar refractivity (Wildman–Crippen MR) is 56.9 cm³/mol. The predicted octanol–water partition coefficient (Wildman–Crippen LogP) is 2.12.